The zero-order valence-electron chi connectivity index (χ0n) is 32.7. The first-order valence-electron chi connectivity index (χ1n) is 20.2. The molecule has 0 saturated heterocycles. The van der Waals surface area contributed by atoms with Crippen LogP contribution in [-0.2, 0) is 11.8 Å². The molecule has 11 rings (SSSR count). The fourth-order valence-corrected chi connectivity index (χ4v) is 9.36. The van der Waals surface area contributed by atoms with Crippen molar-refractivity contribution >= 4 is 32.6 Å². The lowest BCUT2D eigenvalue weighted by Gasteiger charge is -2.21. The van der Waals surface area contributed by atoms with Crippen LogP contribution in [-0.4, -0.2) is 19.5 Å². The second-order valence-electron chi connectivity index (χ2n) is 15.9. The Bertz CT molecular complexity index is 3250. The molecule has 0 amide bonds. The van der Waals surface area contributed by atoms with E-state index in [1.54, 1.807) is 0 Å². The second kappa shape index (κ2) is 13.2. The molecule has 8 aromatic carbocycles. The Morgan fingerprint density at radius 3 is 2.02 bits per heavy atom. The normalized spacial score (nSPS) is 12.9. The van der Waals surface area contributed by atoms with Gasteiger partial charge in [-0.2, -0.15) is 0 Å². The fraction of sp³-hybridized carbons (Fsp3) is 0.0926. The lowest BCUT2D eigenvalue weighted by Crippen LogP contribution is -2.14. The van der Waals surface area contributed by atoms with E-state index >= 15 is 0 Å². The number of hydrogen-bond acceptors (Lipinski definition) is 3. The first kappa shape index (κ1) is 34.1. The summed E-state index contributed by atoms with van der Waals surface area (Å²) in [5.74, 6) is 1.68. The molecule has 0 bridgehead atoms. The number of fused-ring (bicyclic) bond motifs is 7. The van der Waals surface area contributed by atoms with Crippen LogP contribution >= 0.6 is 0 Å². The molecule has 276 valence electrons. The van der Waals surface area contributed by atoms with Crippen molar-refractivity contribution in [1.82, 2.24) is 19.5 Å². The summed E-state index contributed by atoms with van der Waals surface area (Å²) in [6.07, 6.45) is 0.786. The molecule has 2 aromatic heterocycles. The Balaban J connectivity index is 1.21. The minimum atomic E-state index is -0.128. The van der Waals surface area contributed by atoms with Gasteiger partial charge in [-0.05, 0) is 97.4 Å². The highest BCUT2D eigenvalue weighted by Gasteiger charge is 2.37. The van der Waals surface area contributed by atoms with Gasteiger partial charge in [0.1, 0.15) is 5.82 Å². The molecule has 0 aliphatic heterocycles. The van der Waals surface area contributed by atoms with Crippen LogP contribution < -0.4 is 0 Å². The molecule has 58 heavy (non-hydrogen) atoms. The molecule has 2 heterocycles. The van der Waals surface area contributed by atoms with Gasteiger partial charge in [-0.1, -0.05) is 154 Å². The van der Waals surface area contributed by atoms with Gasteiger partial charge in [-0.25, -0.2) is 15.0 Å². The highest BCUT2D eigenvalue weighted by molar-refractivity contribution is 6.14. The summed E-state index contributed by atoms with van der Waals surface area (Å²) >= 11 is 0. The van der Waals surface area contributed by atoms with E-state index in [1.165, 1.54) is 49.4 Å². The van der Waals surface area contributed by atoms with Crippen molar-refractivity contribution in [3.63, 3.8) is 0 Å². The molecule has 4 nitrogen and oxygen atoms in total. The van der Waals surface area contributed by atoms with E-state index < -0.39 is 0 Å². The van der Waals surface area contributed by atoms with Crippen molar-refractivity contribution in [2.24, 2.45) is 0 Å². The Morgan fingerprint density at radius 1 is 0.483 bits per heavy atom. The smallest absolute Gasteiger partial charge is 0.160 e. The summed E-state index contributed by atoms with van der Waals surface area (Å²) in [6, 6.07) is 63.2. The monoisotopic (exact) mass is 744 g/mol. The minimum Gasteiger partial charge on any atom is -0.296 e. The molecular formula is C54H40N4. The van der Waals surface area contributed by atoms with E-state index in [-0.39, 0.29) is 5.41 Å². The number of aromatic nitrogens is 4. The fourth-order valence-electron chi connectivity index (χ4n) is 9.36. The van der Waals surface area contributed by atoms with Gasteiger partial charge in [0.2, 0.25) is 0 Å². The van der Waals surface area contributed by atoms with Crippen molar-refractivity contribution in [2.75, 3.05) is 0 Å². The molecule has 0 spiro atoms. The van der Waals surface area contributed by atoms with Crippen LogP contribution in [0, 0.1) is 0 Å². The first-order chi connectivity index (χ1) is 28.5. The maximum atomic E-state index is 5.54. The highest BCUT2D eigenvalue weighted by Crippen LogP contribution is 2.52. The Hall–Kier alpha value is -7.17. The topological polar surface area (TPSA) is 43.6 Å². The SMILES string of the molecule is CCc1nc2ccccc2n1-c1cc(-c2nc(-c3ccccc3)cc(-c3cccc4c3-c3ccccc3C4(C)C)n2)cc(-c2cc3ccccc3c3ccccc23)c1. The van der Waals surface area contributed by atoms with Gasteiger partial charge in [-0.15, -0.1) is 0 Å². The van der Waals surface area contributed by atoms with Gasteiger partial charge in [0.25, 0.3) is 0 Å². The minimum absolute atomic E-state index is 0.128. The summed E-state index contributed by atoms with van der Waals surface area (Å²) in [6.45, 7) is 6.84. The number of para-hydroxylation sites is 2. The van der Waals surface area contributed by atoms with Crippen LogP contribution in [0.15, 0.2) is 176 Å². The van der Waals surface area contributed by atoms with Crippen molar-refractivity contribution < 1.29 is 0 Å². The third-order valence-corrected chi connectivity index (χ3v) is 12.1. The van der Waals surface area contributed by atoms with Crippen molar-refractivity contribution in [1.29, 1.82) is 0 Å². The molecule has 4 heteroatoms. The van der Waals surface area contributed by atoms with Crippen molar-refractivity contribution in [3.05, 3.63) is 193 Å². The highest BCUT2D eigenvalue weighted by atomic mass is 15.1. The Morgan fingerprint density at radius 2 is 1.16 bits per heavy atom. The van der Waals surface area contributed by atoms with Gasteiger partial charge in [0, 0.05) is 34.2 Å². The van der Waals surface area contributed by atoms with E-state index in [0.717, 1.165) is 62.6 Å². The van der Waals surface area contributed by atoms with Crippen LogP contribution in [0.5, 0.6) is 0 Å². The van der Waals surface area contributed by atoms with E-state index in [4.69, 9.17) is 15.0 Å². The molecule has 0 atom stereocenters. The zero-order valence-corrected chi connectivity index (χ0v) is 32.7. The standard InChI is InChI=1S/C54H40N4/c1-4-51-55-47-27-14-15-28-50(47)58(51)38-30-36(44-32-35-19-8-9-20-39(35)40-21-10-11-22-41(40)44)29-37(31-38)53-56-48(34-17-6-5-7-18-34)33-49(57-53)43-24-16-26-46-52(43)42-23-12-13-25-45(42)54(46,2)3/h5-33H,4H2,1-3H3. The van der Waals surface area contributed by atoms with Crippen LogP contribution in [0.25, 0.3) is 94.4 Å². The maximum Gasteiger partial charge on any atom is 0.160 e. The zero-order chi connectivity index (χ0) is 39.0. The number of rotatable bonds is 6. The molecular weight excluding hydrogens is 705 g/mol. The van der Waals surface area contributed by atoms with Crippen molar-refractivity contribution in [3.8, 4) is 61.8 Å². The van der Waals surface area contributed by atoms with Crippen LogP contribution in [0.2, 0.25) is 0 Å². The number of hydrogen-bond donors (Lipinski definition) is 0. The number of imidazole rings is 1. The quantitative estimate of drug-likeness (QED) is 0.159. The summed E-state index contributed by atoms with van der Waals surface area (Å²) in [4.78, 5) is 16.0. The van der Waals surface area contributed by atoms with Gasteiger partial charge in [0.05, 0.1) is 22.4 Å². The molecule has 1 aliphatic carbocycles. The third kappa shape index (κ3) is 5.33. The van der Waals surface area contributed by atoms with E-state index in [1.807, 2.05) is 0 Å². The number of benzene rings is 8. The third-order valence-electron chi connectivity index (χ3n) is 12.1. The molecule has 0 N–H and O–H groups in total. The summed E-state index contributed by atoms with van der Waals surface area (Å²) < 4.78 is 2.32. The van der Waals surface area contributed by atoms with Gasteiger partial charge >= 0.3 is 0 Å². The number of nitrogens with zero attached hydrogens (tertiary/aromatic N) is 4. The predicted octanol–water partition coefficient (Wildman–Crippen LogP) is 13.7. The van der Waals surface area contributed by atoms with Gasteiger partial charge in [0.15, 0.2) is 5.82 Å². The van der Waals surface area contributed by atoms with Gasteiger partial charge < -0.3 is 0 Å². The van der Waals surface area contributed by atoms with Gasteiger partial charge in [-0.3, -0.25) is 4.57 Å². The first-order valence-corrected chi connectivity index (χ1v) is 20.2. The molecule has 0 radical (unpaired) electrons. The average Bonchev–Trinajstić information content (AvgIpc) is 3.78. The summed E-state index contributed by atoms with van der Waals surface area (Å²) in [5.41, 5.74) is 15.3. The predicted molar refractivity (Wildman–Crippen MR) is 240 cm³/mol. The van der Waals surface area contributed by atoms with Crippen LogP contribution in [0.1, 0.15) is 37.7 Å². The molecule has 10 aromatic rings. The molecule has 0 unspecified atom stereocenters. The van der Waals surface area contributed by atoms with Crippen molar-refractivity contribution in [2.45, 2.75) is 32.6 Å². The second-order valence-corrected chi connectivity index (χ2v) is 15.9. The molecule has 1 aliphatic rings. The van der Waals surface area contributed by atoms with E-state index in [2.05, 4.69) is 201 Å². The lowest BCUT2D eigenvalue weighted by molar-refractivity contribution is 0.660. The van der Waals surface area contributed by atoms with E-state index in [9.17, 15) is 0 Å². The molecule has 0 saturated carbocycles. The maximum absolute atomic E-state index is 5.54. The van der Waals surface area contributed by atoms with Crippen LogP contribution in [0.4, 0.5) is 0 Å². The van der Waals surface area contributed by atoms with Crippen LogP contribution in [0.3, 0.4) is 0 Å². The Labute approximate surface area is 338 Å². The lowest BCUT2D eigenvalue weighted by atomic mass is 9.82. The summed E-state index contributed by atoms with van der Waals surface area (Å²) in [7, 11) is 0. The largest absolute Gasteiger partial charge is 0.296 e. The number of aryl methyl sites for hydroxylation is 1. The Kier molecular flexibility index (Phi) is 7.77. The molecule has 0 fully saturated rings. The van der Waals surface area contributed by atoms with E-state index in [0.29, 0.717) is 5.82 Å². The average molecular weight is 745 g/mol. The summed E-state index contributed by atoms with van der Waals surface area (Å²) in [5, 5.41) is 4.89.